The van der Waals surface area contributed by atoms with Crippen molar-refractivity contribution in [2.24, 2.45) is 0 Å². The Bertz CT molecular complexity index is 351. The Labute approximate surface area is 101 Å². The molecule has 0 fully saturated rings. The van der Waals surface area contributed by atoms with Gasteiger partial charge in [0, 0.05) is 32.1 Å². The molecular formula is C11H20N4O2. The summed E-state index contributed by atoms with van der Waals surface area (Å²) in [6, 6.07) is -0.240. The highest BCUT2D eigenvalue weighted by atomic mass is 16.5. The molecule has 0 bridgehead atoms. The van der Waals surface area contributed by atoms with Crippen LogP contribution in [0.2, 0.25) is 0 Å². The summed E-state index contributed by atoms with van der Waals surface area (Å²) in [6.07, 6.45) is 1.76. The molecule has 1 rings (SSSR count). The number of amides is 1. The topological polar surface area (TPSA) is 79.0 Å². The van der Waals surface area contributed by atoms with Gasteiger partial charge in [0.05, 0.1) is 12.6 Å². The highest BCUT2D eigenvalue weighted by Gasteiger charge is 2.11. The van der Waals surface area contributed by atoms with Gasteiger partial charge in [-0.1, -0.05) is 0 Å². The molecular weight excluding hydrogens is 220 g/mol. The minimum Gasteiger partial charge on any atom is -0.383 e. The van der Waals surface area contributed by atoms with Crippen molar-refractivity contribution in [3.8, 4) is 0 Å². The van der Waals surface area contributed by atoms with Crippen LogP contribution in [-0.2, 0) is 16.1 Å². The van der Waals surface area contributed by atoms with Gasteiger partial charge in [-0.15, -0.1) is 0 Å². The van der Waals surface area contributed by atoms with E-state index in [0.29, 0.717) is 19.7 Å². The highest BCUT2D eigenvalue weighted by Crippen LogP contribution is 1.95. The van der Waals surface area contributed by atoms with Gasteiger partial charge in [0.1, 0.15) is 5.82 Å². The lowest BCUT2D eigenvalue weighted by Crippen LogP contribution is -2.42. The summed E-state index contributed by atoms with van der Waals surface area (Å²) in [4.78, 5) is 18.8. The van der Waals surface area contributed by atoms with Gasteiger partial charge in [-0.05, 0) is 13.8 Å². The third kappa shape index (κ3) is 4.97. The van der Waals surface area contributed by atoms with Gasteiger partial charge in [-0.25, -0.2) is 4.98 Å². The Hall–Kier alpha value is -1.40. The number of carbonyl (C=O) groups excluding carboxylic acids is 1. The average molecular weight is 240 g/mol. The van der Waals surface area contributed by atoms with Crippen LogP contribution in [0.25, 0.3) is 0 Å². The van der Waals surface area contributed by atoms with Gasteiger partial charge in [-0.2, -0.15) is 0 Å². The van der Waals surface area contributed by atoms with Crippen LogP contribution >= 0.6 is 0 Å². The summed E-state index contributed by atoms with van der Waals surface area (Å²) in [6.45, 7) is 5.37. The molecule has 0 saturated carbocycles. The predicted molar refractivity (Wildman–Crippen MR) is 64.5 cm³/mol. The zero-order valence-corrected chi connectivity index (χ0v) is 10.5. The molecule has 3 N–H and O–H groups in total. The fourth-order valence-corrected chi connectivity index (χ4v) is 1.35. The number of nitrogens with zero attached hydrogens (tertiary/aromatic N) is 1. The maximum absolute atomic E-state index is 11.6. The fraction of sp³-hybridized carbons (Fsp3) is 0.636. The molecule has 0 spiro atoms. The molecule has 0 aliphatic heterocycles. The van der Waals surface area contributed by atoms with Crippen molar-refractivity contribution in [2.45, 2.75) is 26.4 Å². The van der Waals surface area contributed by atoms with E-state index in [-0.39, 0.29) is 11.9 Å². The van der Waals surface area contributed by atoms with Crippen molar-refractivity contribution in [2.75, 3.05) is 20.3 Å². The number of ether oxygens (including phenoxy) is 1. The van der Waals surface area contributed by atoms with E-state index in [1.807, 2.05) is 13.8 Å². The second-order valence-corrected chi connectivity index (χ2v) is 3.88. The standard InChI is InChI=1S/C11H20N4O2/c1-8(11(16)12-4-5-17-3)13-6-10-7-14-9(2)15-10/h7-8,13H,4-6H2,1-3H3,(H,12,16)(H,14,15). The Morgan fingerprint density at radius 1 is 1.65 bits per heavy atom. The number of carbonyl (C=O) groups is 1. The summed E-state index contributed by atoms with van der Waals surface area (Å²) >= 11 is 0. The van der Waals surface area contributed by atoms with Crippen molar-refractivity contribution < 1.29 is 9.53 Å². The van der Waals surface area contributed by atoms with Gasteiger partial charge in [-0.3, -0.25) is 4.79 Å². The fourth-order valence-electron chi connectivity index (χ4n) is 1.35. The lowest BCUT2D eigenvalue weighted by atomic mass is 10.3. The Morgan fingerprint density at radius 2 is 2.41 bits per heavy atom. The van der Waals surface area contributed by atoms with E-state index in [0.717, 1.165) is 11.5 Å². The molecule has 0 saturated heterocycles. The number of hydrogen-bond donors (Lipinski definition) is 3. The third-order valence-corrected chi connectivity index (χ3v) is 2.35. The molecule has 1 unspecified atom stereocenters. The monoisotopic (exact) mass is 240 g/mol. The van der Waals surface area contributed by atoms with Crippen LogP contribution in [0.1, 0.15) is 18.4 Å². The van der Waals surface area contributed by atoms with Crippen molar-refractivity contribution in [1.29, 1.82) is 0 Å². The minimum atomic E-state index is -0.240. The molecule has 0 aliphatic carbocycles. The Balaban J connectivity index is 2.24. The second kappa shape index (κ2) is 7.03. The van der Waals surface area contributed by atoms with E-state index >= 15 is 0 Å². The number of methoxy groups -OCH3 is 1. The lowest BCUT2D eigenvalue weighted by molar-refractivity contribution is -0.122. The van der Waals surface area contributed by atoms with Crippen LogP contribution in [0.3, 0.4) is 0 Å². The molecule has 1 aromatic heterocycles. The molecule has 1 atom stereocenters. The molecule has 0 aromatic carbocycles. The predicted octanol–water partition coefficient (Wildman–Crippen LogP) is -0.0412. The van der Waals surface area contributed by atoms with Crippen molar-refractivity contribution in [3.63, 3.8) is 0 Å². The Morgan fingerprint density at radius 3 is 3.00 bits per heavy atom. The number of rotatable bonds is 7. The normalized spacial score (nSPS) is 12.4. The summed E-state index contributed by atoms with van der Waals surface area (Å²) in [7, 11) is 1.61. The van der Waals surface area contributed by atoms with E-state index in [1.165, 1.54) is 0 Å². The quantitative estimate of drug-likeness (QED) is 0.584. The minimum absolute atomic E-state index is 0.0294. The van der Waals surface area contributed by atoms with Crippen LogP contribution in [-0.4, -0.2) is 42.2 Å². The van der Waals surface area contributed by atoms with E-state index in [4.69, 9.17) is 4.74 Å². The zero-order valence-electron chi connectivity index (χ0n) is 10.5. The van der Waals surface area contributed by atoms with E-state index in [1.54, 1.807) is 13.3 Å². The molecule has 0 aliphatic rings. The van der Waals surface area contributed by atoms with Gasteiger partial charge in [0.15, 0.2) is 0 Å². The first-order valence-corrected chi connectivity index (χ1v) is 5.64. The van der Waals surface area contributed by atoms with Gasteiger partial charge in [0.25, 0.3) is 0 Å². The van der Waals surface area contributed by atoms with Crippen LogP contribution in [0.15, 0.2) is 6.20 Å². The average Bonchev–Trinajstić information content (AvgIpc) is 2.72. The molecule has 1 amide bonds. The van der Waals surface area contributed by atoms with Crippen LogP contribution < -0.4 is 10.6 Å². The number of aromatic nitrogens is 2. The van der Waals surface area contributed by atoms with E-state index in [2.05, 4.69) is 20.6 Å². The van der Waals surface area contributed by atoms with Crippen LogP contribution in [0, 0.1) is 6.92 Å². The maximum Gasteiger partial charge on any atom is 0.236 e. The number of H-pyrrole nitrogens is 1. The van der Waals surface area contributed by atoms with Crippen LogP contribution in [0.5, 0.6) is 0 Å². The number of hydrogen-bond acceptors (Lipinski definition) is 4. The first-order valence-electron chi connectivity index (χ1n) is 5.64. The maximum atomic E-state index is 11.6. The summed E-state index contributed by atoms with van der Waals surface area (Å²) in [5, 5.41) is 5.89. The van der Waals surface area contributed by atoms with Gasteiger partial charge < -0.3 is 20.4 Å². The highest BCUT2D eigenvalue weighted by molar-refractivity contribution is 5.81. The van der Waals surface area contributed by atoms with Crippen molar-refractivity contribution >= 4 is 5.91 Å². The molecule has 17 heavy (non-hydrogen) atoms. The molecule has 6 nitrogen and oxygen atoms in total. The molecule has 0 radical (unpaired) electrons. The lowest BCUT2D eigenvalue weighted by Gasteiger charge is -2.13. The third-order valence-electron chi connectivity index (χ3n) is 2.35. The first kappa shape index (κ1) is 13.7. The molecule has 1 heterocycles. The van der Waals surface area contributed by atoms with Crippen molar-refractivity contribution in [3.05, 3.63) is 17.7 Å². The zero-order chi connectivity index (χ0) is 12.7. The van der Waals surface area contributed by atoms with Crippen molar-refractivity contribution in [1.82, 2.24) is 20.6 Å². The molecule has 6 heteroatoms. The van der Waals surface area contributed by atoms with E-state index < -0.39 is 0 Å². The smallest absolute Gasteiger partial charge is 0.236 e. The largest absolute Gasteiger partial charge is 0.383 e. The van der Waals surface area contributed by atoms with Gasteiger partial charge >= 0.3 is 0 Å². The first-order chi connectivity index (χ1) is 8.13. The molecule has 1 aromatic rings. The Kier molecular flexibility index (Phi) is 5.65. The number of nitrogens with one attached hydrogen (secondary N) is 3. The summed E-state index contributed by atoms with van der Waals surface area (Å²) in [5.74, 6) is 0.845. The summed E-state index contributed by atoms with van der Waals surface area (Å²) in [5.41, 5.74) is 0.971. The summed E-state index contributed by atoms with van der Waals surface area (Å²) < 4.78 is 4.86. The number of aryl methyl sites for hydroxylation is 1. The number of imidazole rings is 1. The van der Waals surface area contributed by atoms with Crippen LogP contribution in [0.4, 0.5) is 0 Å². The second-order valence-electron chi connectivity index (χ2n) is 3.88. The molecule has 96 valence electrons. The number of aromatic amines is 1. The van der Waals surface area contributed by atoms with E-state index in [9.17, 15) is 4.79 Å². The SMILES string of the molecule is COCCNC(=O)C(C)NCc1cnc(C)[nH]1. The van der Waals surface area contributed by atoms with Gasteiger partial charge in [0.2, 0.25) is 5.91 Å².